The maximum absolute atomic E-state index is 11.7. The van der Waals surface area contributed by atoms with Crippen molar-refractivity contribution < 1.29 is 8.78 Å². The highest BCUT2D eigenvalue weighted by Gasteiger charge is 2.21. The second kappa shape index (κ2) is 1.37. The van der Waals surface area contributed by atoms with Crippen LogP contribution in [0, 0.1) is 11.3 Å². The molecule has 0 aromatic carbocycles. The van der Waals surface area contributed by atoms with Crippen molar-refractivity contribution in [3.05, 3.63) is 11.5 Å². The number of nitriles is 1. The summed E-state index contributed by atoms with van der Waals surface area (Å²) in [6.07, 6.45) is 0. The van der Waals surface area contributed by atoms with Gasteiger partial charge in [0.15, 0.2) is 5.70 Å². The van der Waals surface area contributed by atoms with Crippen molar-refractivity contribution in [3.63, 3.8) is 0 Å². The largest absolute Gasteiger partial charge is 0.253 e. The van der Waals surface area contributed by atoms with Gasteiger partial charge in [0.2, 0.25) is 5.83 Å². The Bertz CT molecular complexity index is 221. The summed E-state index contributed by atoms with van der Waals surface area (Å²) in [5.74, 6) is -2.31. The fraction of sp³-hybridized carbons (Fsp3) is 0. The average molecular weight is 114 g/mol. The van der Waals surface area contributed by atoms with Crippen LogP contribution in [0.4, 0.5) is 8.78 Å². The minimum atomic E-state index is -1.18. The van der Waals surface area contributed by atoms with E-state index in [4.69, 9.17) is 5.26 Å². The van der Waals surface area contributed by atoms with E-state index in [1.807, 2.05) is 0 Å². The third kappa shape index (κ3) is 0.413. The van der Waals surface area contributed by atoms with Gasteiger partial charge < -0.3 is 0 Å². The molecule has 0 aromatic rings. The molecule has 1 rings (SSSR count). The third-order valence-corrected chi connectivity index (χ3v) is 0.705. The fourth-order valence-corrected chi connectivity index (χ4v) is 0.315. The number of allylic oxidation sites excluding steroid dienone is 2. The van der Waals surface area contributed by atoms with Gasteiger partial charge >= 0.3 is 0 Å². The molecule has 0 aromatic heterocycles. The third-order valence-electron chi connectivity index (χ3n) is 0.705. The lowest BCUT2D eigenvalue weighted by Gasteiger charge is -2.00. The van der Waals surface area contributed by atoms with Gasteiger partial charge in [0.1, 0.15) is 6.07 Å². The zero-order valence-electron chi connectivity index (χ0n) is 3.65. The molecule has 1 aliphatic rings. The van der Waals surface area contributed by atoms with Gasteiger partial charge in [-0.1, -0.05) is 0 Å². The van der Waals surface area contributed by atoms with Crippen molar-refractivity contribution in [3.8, 4) is 6.07 Å². The number of rotatable bonds is 0. The summed E-state index contributed by atoms with van der Waals surface area (Å²) in [4.78, 5) is 2.81. The van der Waals surface area contributed by atoms with Gasteiger partial charge in [0.25, 0.3) is 5.97 Å². The van der Waals surface area contributed by atoms with E-state index in [2.05, 4.69) is 4.99 Å². The normalized spacial score (nSPS) is 16.9. The van der Waals surface area contributed by atoms with Gasteiger partial charge in [0.05, 0.1) is 0 Å². The van der Waals surface area contributed by atoms with E-state index in [9.17, 15) is 8.78 Å². The first-order chi connectivity index (χ1) is 3.75. The predicted molar refractivity (Wildman–Crippen MR) is 22.3 cm³/mol. The first-order valence-electron chi connectivity index (χ1n) is 1.80. The number of hydrogen-bond acceptors (Lipinski definition) is 2. The lowest BCUT2D eigenvalue weighted by Crippen LogP contribution is -2.03. The molecular formula is C4F2N2. The molecule has 0 N–H and O–H groups in total. The Labute approximate surface area is 43.8 Å². The Morgan fingerprint density at radius 3 is 2.25 bits per heavy atom. The smallest absolute Gasteiger partial charge is 0.203 e. The second-order valence-electron chi connectivity index (χ2n) is 1.18. The van der Waals surface area contributed by atoms with Gasteiger partial charge in [-0.3, -0.25) is 0 Å². The molecule has 0 unspecified atom stereocenters. The Balaban J connectivity index is 2.82. The molecular weight excluding hydrogens is 114 g/mol. The molecule has 0 bridgehead atoms. The van der Waals surface area contributed by atoms with Crippen LogP contribution in [0.2, 0.25) is 0 Å². The average Bonchev–Trinajstić information content (AvgIpc) is 1.81. The summed E-state index contributed by atoms with van der Waals surface area (Å²) in [6.45, 7) is 0. The molecule has 0 aliphatic carbocycles. The van der Waals surface area contributed by atoms with Gasteiger partial charge in [0, 0.05) is 0 Å². The van der Waals surface area contributed by atoms with E-state index in [1.54, 1.807) is 0 Å². The Hall–Kier alpha value is -1.24. The van der Waals surface area contributed by atoms with Gasteiger partial charge in [-0.2, -0.15) is 14.0 Å². The SMILES string of the molecule is N#CC1=C(F)C(F)=N1. The van der Waals surface area contributed by atoms with Crippen molar-refractivity contribution in [2.75, 3.05) is 0 Å². The summed E-state index contributed by atoms with van der Waals surface area (Å²) >= 11 is 0. The lowest BCUT2D eigenvalue weighted by atomic mass is 10.3. The van der Waals surface area contributed by atoms with Crippen LogP contribution in [0.5, 0.6) is 0 Å². The van der Waals surface area contributed by atoms with Crippen LogP contribution < -0.4 is 0 Å². The number of aliphatic imine (C=N–C) groups is 1. The van der Waals surface area contributed by atoms with Crippen molar-refractivity contribution in [1.29, 1.82) is 5.26 Å². The highest BCUT2D eigenvalue weighted by Crippen LogP contribution is 2.20. The Kier molecular flexibility index (Phi) is 0.841. The number of nitrogens with zero attached hydrogens (tertiary/aromatic N) is 2. The predicted octanol–water partition coefficient (Wildman–Crippen LogP) is 1.07. The van der Waals surface area contributed by atoms with Crippen LogP contribution in [-0.4, -0.2) is 5.97 Å². The van der Waals surface area contributed by atoms with E-state index in [0.717, 1.165) is 0 Å². The molecule has 0 radical (unpaired) electrons. The highest BCUT2D eigenvalue weighted by atomic mass is 19.2. The van der Waals surface area contributed by atoms with Crippen molar-refractivity contribution in [2.45, 2.75) is 0 Å². The molecule has 40 valence electrons. The summed E-state index contributed by atoms with van der Waals surface area (Å²) in [7, 11) is 0. The maximum atomic E-state index is 11.7. The maximum Gasteiger partial charge on any atom is 0.253 e. The second-order valence-corrected chi connectivity index (χ2v) is 1.18. The monoisotopic (exact) mass is 114 g/mol. The Morgan fingerprint density at radius 1 is 1.50 bits per heavy atom. The highest BCUT2D eigenvalue weighted by molar-refractivity contribution is 5.98. The van der Waals surface area contributed by atoms with Crippen LogP contribution in [-0.2, 0) is 0 Å². The van der Waals surface area contributed by atoms with E-state index in [1.165, 1.54) is 6.07 Å². The van der Waals surface area contributed by atoms with E-state index in [-0.39, 0.29) is 0 Å². The Morgan fingerprint density at radius 2 is 2.12 bits per heavy atom. The van der Waals surface area contributed by atoms with Crippen LogP contribution in [0.1, 0.15) is 0 Å². The molecule has 0 amide bonds. The first-order valence-corrected chi connectivity index (χ1v) is 1.80. The van der Waals surface area contributed by atoms with Gasteiger partial charge in [-0.05, 0) is 0 Å². The molecule has 0 saturated carbocycles. The molecule has 4 heteroatoms. The number of halogens is 2. The molecule has 0 fully saturated rings. The first kappa shape index (κ1) is 4.91. The molecule has 8 heavy (non-hydrogen) atoms. The summed E-state index contributed by atoms with van der Waals surface area (Å²) < 4.78 is 23.2. The molecule has 1 aliphatic heterocycles. The van der Waals surface area contributed by atoms with Crippen molar-refractivity contribution in [2.24, 2.45) is 4.99 Å². The topological polar surface area (TPSA) is 36.1 Å². The van der Waals surface area contributed by atoms with Crippen LogP contribution in [0.15, 0.2) is 16.5 Å². The lowest BCUT2D eigenvalue weighted by molar-refractivity contribution is 0.612. The van der Waals surface area contributed by atoms with E-state index >= 15 is 0 Å². The summed E-state index contributed by atoms with van der Waals surface area (Å²) in [5.41, 5.74) is -0.456. The summed E-state index contributed by atoms with van der Waals surface area (Å²) in [5, 5.41) is 7.85. The molecule has 0 saturated heterocycles. The van der Waals surface area contributed by atoms with E-state index < -0.39 is 17.5 Å². The van der Waals surface area contributed by atoms with Crippen LogP contribution in [0.25, 0.3) is 0 Å². The zero-order valence-corrected chi connectivity index (χ0v) is 3.65. The van der Waals surface area contributed by atoms with Gasteiger partial charge in [-0.25, -0.2) is 4.99 Å². The molecule has 0 spiro atoms. The molecule has 2 nitrogen and oxygen atoms in total. The standard InChI is InChI=1S/C4F2N2/c5-3-2(1-7)8-4(3)6. The zero-order chi connectivity index (χ0) is 6.15. The fourth-order valence-electron chi connectivity index (χ4n) is 0.315. The quantitative estimate of drug-likeness (QED) is 0.464. The molecule has 1 heterocycles. The van der Waals surface area contributed by atoms with Crippen molar-refractivity contribution >= 4 is 5.97 Å². The van der Waals surface area contributed by atoms with Gasteiger partial charge in [-0.15, -0.1) is 0 Å². The minimum Gasteiger partial charge on any atom is -0.203 e. The number of hydrogen-bond donors (Lipinski definition) is 0. The van der Waals surface area contributed by atoms with Crippen LogP contribution in [0.3, 0.4) is 0 Å². The van der Waals surface area contributed by atoms with Crippen LogP contribution >= 0.6 is 0 Å². The van der Waals surface area contributed by atoms with E-state index in [0.29, 0.717) is 0 Å². The van der Waals surface area contributed by atoms with Crippen molar-refractivity contribution in [1.82, 2.24) is 0 Å². The molecule has 0 atom stereocenters. The minimum absolute atomic E-state index is 0.456. The summed E-state index contributed by atoms with van der Waals surface area (Å²) in [6, 6.07) is 1.36.